The summed E-state index contributed by atoms with van der Waals surface area (Å²) in [4.78, 5) is 31.6. The molecule has 0 amide bonds. The zero-order valence-corrected chi connectivity index (χ0v) is 15.0. The van der Waals surface area contributed by atoms with Gasteiger partial charge in [-0.05, 0) is 49.2 Å². The van der Waals surface area contributed by atoms with Crippen molar-refractivity contribution < 1.29 is 0 Å². The van der Waals surface area contributed by atoms with E-state index in [4.69, 9.17) is 5.26 Å². The van der Waals surface area contributed by atoms with Crippen molar-refractivity contribution in [2.24, 2.45) is 7.05 Å². The highest BCUT2D eigenvalue weighted by atomic mass is 16.2. The van der Waals surface area contributed by atoms with Gasteiger partial charge in [-0.3, -0.25) is 14.2 Å². The SMILES string of the molecule is Cn1c(=O)c(=O)n(C2CCN(c3ccc(C#N)cc3)CC2)c2ncccc21. The van der Waals surface area contributed by atoms with Crippen LogP contribution in [0.1, 0.15) is 24.4 Å². The third kappa shape index (κ3) is 2.89. The molecule has 0 bridgehead atoms. The number of anilines is 1. The number of nitriles is 1. The van der Waals surface area contributed by atoms with Crippen LogP contribution in [0, 0.1) is 11.3 Å². The lowest BCUT2D eigenvalue weighted by Crippen LogP contribution is -2.45. The molecule has 0 spiro atoms. The molecule has 1 aromatic carbocycles. The Bertz CT molecular complexity index is 1150. The number of aromatic nitrogens is 3. The molecule has 0 radical (unpaired) electrons. The highest BCUT2D eigenvalue weighted by Gasteiger charge is 2.25. The predicted molar refractivity (Wildman–Crippen MR) is 103 cm³/mol. The minimum atomic E-state index is -0.523. The van der Waals surface area contributed by atoms with Crippen molar-refractivity contribution in [2.45, 2.75) is 18.9 Å². The van der Waals surface area contributed by atoms with Crippen molar-refractivity contribution in [1.82, 2.24) is 14.1 Å². The van der Waals surface area contributed by atoms with Crippen LogP contribution in [0.15, 0.2) is 52.2 Å². The van der Waals surface area contributed by atoms with E-state index in [1.54, 1.807) is 23.9 Å². The van der Waals surface area contributed by atoms with Crippen molar-refractivity contribution in [3.8, 4) is 6.07 Å². The van der Waals surface area contributed by atoms with Gasteiger partial charge in [0.05, 0.1) is 17.1 Å². The first kappa shape index (κ1) is 17.0. The molecule has 0 atom stereocenters. The van der Waals surface area contributed by atoms with Crippen molar-refractivity contribution in [2.75, 3.05) is 18.0 Å². The largest absolute Gasteiger partial charge is 0.371 e. The van der Waals surface area contributed by atoms with Gasteiger partial charge < -0.3 is 9.47 Å². The van der Waals surface area contributed by atoms with Crippen molar-refractivity contribution in [3.63, 3.8) is 0 Å². The maximum absolute atomic E-state index is 12.7. The van der Waals surface area contributed by atoms with Crippen LogP contribution in [0.25, 0.3) is 11.2 Å². The molecule has 4 rings (SSSR count). The summed E-state index contributed by atoms with van der Waals surface area (Å²) in [6.45, 7) is 1.54. The molecule has 3 aromatic rings. The second kappa shape index (κ2) is 6.72. The van der Waals surface area contributed by atoms with Crippen LogP contribution in [0.5, 0.6) is 0 Å². The van der Waals surface area contributed by atoms with E-state index in [0.717, 1.165) is 31.6 Å². The van der Waals surface area contributed by atoms with Crippen LogP contribution in [-0.4, -0.2) is 27.2 Å². The van der Waals surface area contributed by atoms with Gasteiger partial charge >= 0.3 is 11.1 Å². The van der Waals surface area contributed by atoms with Crippen molar-refractivity contribution >= 4 is 16.9 Å². The summed E-state index contributed by atoms with van der Waals surface area (Å²) >= 11 is 0. The number of benzene rings is 1. The Morgan fingerprint density at radius 3 is 2.44 bits per heavy atom. The molecule has 0 saturated carbocycles. The van der Waals surface area contributed by atoms with Gasteiger partial charge in [0.2, 0.25) is 0 Å². The third-order valence-electron chi connectivity index (χ3n) is 5.25. The Kier molecular flexibility index (Phi) is 4.24. The van der Waals surface area contributed by atoms with Gasteiger partial charge in [0.15, 0.2) is 5.65 Å². The van der Waals surface area contributed by atoms with E-state index < -0.39 is 11.1 Å². The van der Waals surface area contributed by atoms with Crippen molar-refractivity contribution in [3.05, 3.63) is 68.9 Å². The number of rotatable bonds is 2. The fourth-order valence-corrected chi connectivity index (χ4v) is 3.76. The molecular formula is C20H19N5O2. The predicted octanol–water partition coefficient (Wildman–Crippen LogP) is 1.81. The normalized spacial score (nSPS) is 15.0. The standard InChI is InChI=1S/C20H19N5O2/c1-23-17-3-2-10-22-18(17)25(20(27)19(23)26)16-8-11-24(12-9-16)15-6-4-14(13-21)5-7-15/h2-7,10,16H,8-9,11-12H2,1H3. The van der Waals surface area contributed by atoms with Crippen LogP contribution in [0.3, 0.4) is 0 Å². The summed E-state index contributed by atoms with van der Waals surface area (Å²) in [5, 5.41) is 8.92. The minimum Gasteiger partial charge on any atom is -0.371 e. The highest BCUT2D eigenvalue weighted by Crippen LogP contribution is 2.27. The van der Waals surface area contributed by atoms with Crippen LogP contribution in [-0.2, 0) is 7.05 Å². The molecule has 7 nitrogen and oxygen atoms in total. The van der Waals surface area contributed by atoms with Gasteiger partial charge in [-0.2, -0.15) is 5.26 Å². The first-order valence-electron chi connectivity index (χ1n) is 8.91. The van der Waals surface area contributed by atoms with E-state index in [9.17, 15) is 9.59 Å². The number of hydrogen-bond acceptors (Lipinski definition) is 5. The van der Waals surface area contributed by atoms with Gasteiger partial charge in [-0.15, -0.1) is 0 Å². The zero-order valence-electron chi connectivity index (χ0n) is 15.0. The Morgan fingerprint density at radius 1 is 1.07 bits per heavy atom. The fraction of sp³-hybridized carbons (Fsp3) is 0.300. The van der Waals surface area contributed by atoms with Crippen molar-refractivity contribution in [1.29, 1.82) is 5.26 Å². The molecule has 0 aliphatic carbocycles. The van der Waals surface area contributed by atoms with Gasteiger partial charge in [-0.1, -0.05) is 0 Å². The van der Waals surface area contributed by atoms with E-state index >= 15 is 0 Å². The summed E-state index contributed by atoms with van der Waals surface area (Å²) in [5.74, 6) is 0. The Morgan fingerprint density at radius 2 is 1.78 bits per heavy atom. The number of pyridine rings is 1. The minimum absolute atomic E-state index is 0.0570. The summed E-state index contributed by atoms with van der Waals surface area (Å²) in [5.41, 5.74) is 1.88. The van der Waals surface area contributed by atoms with Gasteiger partial charge in [0, 0.05) is 38.1 Å². The second-order valence-electron chi connectivity index (χ2n) is 6.76. The molecule has 1 fully saturated rings. The molecule has 3 heterocycles. The topological polar surface area (TPSA) is 83.9 Å². The van der Waals surface area contributed by atoms with Crippen LogP contribution < -0.4 is 16.0 Å². The summed E-state index contributed by atoms with van der Waals surface area (Å²) in [7, 11) is 1.60. The lowest BCUT2D eigenvalue weighted by Gasteiger charge is -2.34. The third-order valence-corrected chi connectivity index (χ3v) is 5.25. The molecular weight excluding hydrogens is 342 g/mol. The number of fused-ring (bicyclic) bond motifs is 1. The Hall–Kier alpha value is -3.40. The lowest BCUT2D eigenvalue weighted by molar-refractivity contribution is 0.392. The van der Waals surface area contributed by atoms with Gasteiger partial charge in [-0.25, -0.2) is 4.98 Å². The molecule has 7 heteroatoms. The molecule has 1 saturated heterocycles. The first-order valence-corrected chi connectivity index (χ1v) is 8.91. The van der Waals surface area contributed by atoms with E-state index in [1.807, 2.05) is 30.3 Å². The monoisotopic (exact) mass is 361 g/mol. The van der Waals surface area contributed by atoms with E-state index in [1.165, 1.54) is 4.57 Å². The summed E-state index contributed by atoms with van der Waals surface area (Å²) in [6, 6.07) is 13.2. The van der Waals surface area contributed by atoms with E-state index in [2.05, 4.69) is 16.0 Å². The average Bonchev–Trinajstić information content (AvgIpc) is 2.73. The number of hydrogen-bond donors (Lipinski definition) is 0. The first-order chi connectivity index (χ1) is 13.1. The Balaban J connectivity index is 1.64. The van der Waals surface area contributed by atoms with Crippen LogP contribution >= 0.6 is 0 Å². The quantitative estimate of drug-likeness (QED) is 0.650. The highest BCUT2D eigenvalue weighted by molar-refractivity contribution is 5.70. The molecule has 136 valence electrons. The molecule has 0 N–H and O–H groups in total. The summed E-state index contributed by atoms with van der Waals surface area (Å²) < 4.78 is 2.95. The molecule has 0 unspecified atom stereocenters. The lowest BCUT2D eigenvalue weighted by atomic mass is 10.0. The van der Waals surface area contributed by atoms with Gasteiger partial charge in [0.1, 0.15) is 0 Å². The van der Waals surface area contributed by atoms with E-state index in [-0.39, 0.29) is 6.04 Å². The fourth-order valence-electron chi connectivity index (χ4n) is 3.76. The molecule has 27 heavy (non-hydrogen) atoms. The summed E-state index contributed by atoms with van der Waals surface area (Å²) in [6.07, 6.45) is 3.14. The number of aryl methyl sites for hydroxylation is 1. The van der Waals surface area contributed by atoms with Crippen LogP contribution in [0.2, 0.25) is 0 Å². The molecule has 2 aromatic heterocycles. The number of nitrogens with zero attached hydrogens (tertiary/aromatic N) is 5. The average molecular weight is 361 g/mol. The number of piperidine rings is 1. The second-order valence-corrected chi connectivity index (χ2v) is 6.76. The molecule has 1 aliphatic heterocycles. The van der Waals surface area contributed by atoms with Crippen LogP contribution in [0.4, 0.5) is 5.69 Å². The zero-order chi connectivity index (χ0) is 19.0. The Labute approximate surface area is 155 Å². The smallest absolute Gasteiger partial charge is 0.318 e. The van der Waals surface area contributed by atoms with E-state index in [0.29, 0.717) is 16.7 Å². The van der Waals surface area contributed by atoms with Gasteiger partial charge in [0.25, 0.3) is 0 Å². The molecule has 1 aliphatic rings. The maximum Gasteiger partial charge on any atom is 0.318 e. The maximum atomic E-state index is 12.7.